The van der Waals surface area contributed by atoms with E-state index < -0.39 is 0 Å². The summed E-state index contributed by atoms with van der Waals surface area (Å²) in [5.41, 5.74) is 1.55. The summed E-state index contributed by atoms with van der Waals surface area (Å²) in [6.07, 6.45) is 3.37. The first-order valence-corrected chi connectivity index (χ1v) is 11.3. The summed E-state index contributed by atoms with van der Waals surface area (Å²) < 4.78 is 4.34. The quantitative estimate of drug-likeness (QED) is 0.525. The third kappa shape index (κ3) is 4.54. The molecule has 174 valence electrons. The van der Waals surface area contributed by atoms with Crippen LogP contribution >= 0.6 is 0 Å². The van der Waals surface area contributed by atoms with Crippen LogP contribution in [0.25, 0.3) is 16.7 Å². The van der Waals surface area contributed by atoms with Crippen LogP contribution in [0.2, 0.25) is 0 Å². The van der Waals surface area contributed by atoms with Gasteiger partial charge >= 0.3 is 5.69 Å². The van der Waals surface area contributed by atoms with E-state index in [-0.39, 0.29) is 17.2 Å². The number of fused-ring (bicyclic) bond motifs is 1. The molecule has 0 N–H and O–H groups in total. The molecule has 1 fully saturated rings. The molecule has 0 radical (unpaired) electrons. The fraction of sp³-hybridized carbons (Fsp3) is 0.417. The van der Waals surface area contributed by atoms with Crippen molar-refractivity contribution in [2.75, 3.05) is 32.7 Å². The molecule has 1 saturated heterocycles. The van der Waals surface area contributed by atoms with Gasteiger partial charge in [-0.25, -0.2) is 9.78 Å². The highest BCUT2D eigenvalue weighted by Gasteiger charge is 2.22. The van der Waals surface area contributed by atoms with Gasteiger partial charge in [0.05, 0.1) is 6.33 Å². The number of amides is 1. The number of hydrogen-bond donors (Lipinski definition) is 0. The number of aryl methyl sites for hydroxylation is 2. The largest absolute Gasteiger partial charge is 0.337 e. The van der Waals surface area contributed by atoms with E-state index in [4.69, 9.17) is 0 Å². The van der Waals surface area contributed by atoms with Crippen molar-refractivity contribution in [3.63, 3.8) is 0 Å². The number of rotatable bonds is 6. The lowest BCUT2D eigenvalue weighted by atomic mass is 10.1. The van der Waals surface area contributed by atoms with Crippen LogP contribution in [0.1, 0.15) is 18.4 Å². The summed E-state index contributed by atoms with van der Waals surface area (Å²) in [5, 5.41) is 0. The van der Waals surface area contributed by atoms with Gasteiger partial charge < -0.3 is 14.4 Å². The van der Waals surface area contributed by atoms with Crippen LogP contribution < -0.4 is 11.2 Å². The summed E-state index contributed by atoms with van der Waals surface area (Å²) in [5.74, 6) is -0.00519. The number of benzene rings is 1. The van der Waals surface area contributed by atoms with E-state index in [9.17, 15) is 14.4 Å². The minimum atomic E-state index is -0.378. The minimum absolute atomic E-state index is 0.00519. The van der Waals surface area contributed by atoms with Crippen molar-refractivity contribution in [2.24, 2.45) is 14.1 Å². The Hall–Kier alpha value is -3.46. The van der Waals surface area contributed by atoms with Gasteiger partial charge in [0.1, 0.15) is 0 Å². The van der Waals surface area contributed by atoms with Crippen LogP contribution in [0.4, 0.5) is 0 Å². The third-order valence-corrected chi connectivity index (χ3v) is 6.35. The second kappa shape index (κ2) is 9.58. The van der Waals surface area contributed by atoms with Gasteiger partial charge in [-0.3, -0.25) is 18.7 Å². The fourth-order valence-corrected chi connectivity index (χ4v) is 4.38. The van der Waals surface area contributed by atoms with Gasteiger partial charge in [-0.15, -0.1) is 0 Å². The van der Waals surface area contributed by atoms with Gasteiger partial charge in [0.25, 0.3) is 11.5 Å². The van der Waals surface area contributed by atoms with Crippen molar-refractivity contribution in [1.82, 2.24) is 28.5 Å². The molecule has 9 heteroatoms. The molecule has 2 aromatic heterocycles. The van der Waals surface area contributed by atoms with Gasteiger partial charge in [-0.1, -0.05) is 36.9 Å². The maximum atomic E-state index is 12.9. The first-order chi connectivity index (χ1) is 15.9. The summed E-state index contributed by atoms with van der Waals surface area (Å²) in [6.45, 7) is 8.61. The van der Waals surface area contributed by atoms with Crippen molar-refractivity contribution >= 4 is 22.6 Å². The maximum absolute atomic E-state index is 12.9. The zero-order valence-electron chi connectivity index (χ0n) is 19.2. The van der Waals surface area contributed by atoms with Crippen molar-refractivity contribution in [3.8, 4) is 0 Å². The molecule has 4 rings (SSSR count). The number of imidazole rings is 1. The Labute approximate surface area is 192 Å². The lowest BCUT2D eigenvalue weighted by molar-refractivity contribution is -0.124. The SMILES string of the molecule is C=C(C(=O)N1CCCN(CCCn2cnc3c2c(=O)n(C)c(=O)n3C)CC1)c1ccccc1. The summed E-state index contributed by atoms with van der Waals surface area (Å²) in [4.78, 5) is 46.1. The van der Waals surface area contributed by atoms with Crippen LogP contribution in [0.3, 0.4) is 0 Å². The first-order valence-electron chi connectivity index (χ1n) is 11.3. The highest BCUT2D eigenvalue weighted by molar-refractivity contribution is 6.18. The average molecular weight is 451 g/mol. The number of carbonyl (C=O) groups excluding carboxylic acids is 1. The number of hydrogen-bond acceptors (Lipinski definition) is 5. The fourth-order valence-electron chi connectivity index (χ4n) is 4.38. The van der Waals surface area contributed by atoms with Crippen LogP contribution in [-0.4, -0.2) is 67.1 Å². The van der Waals surface area contributed by atoms with E-state index in [0.717, 1.165) is 49.2 Å². The standard InChI is InChI=1S/C24H30N6O3/c1-18(19-9-5-4-6-10-19)22(31)29-13-7-11-28(15-16-29)12-8-14-30-17-25-21-20(30)23(32)27(3)24(33)26(21)2/h4-6,9-10,17H,1,7-8,11-16H2,2-3H3. The zero-order valence-corrected chi connectivity index (χ0v) is 19.2. The molecule has 0 aliphatic carbocycles. The van der Waals surface area contributed by atoms with E-state index in [1.165, 1.54) is 11.6 Å². The molecule has 0 atom stereocenters. The van der Waals surface area contributed by atoms with E-state index in [1.54, 1.807) is 13.4 Å². The molecule has 1 aliphatic heterocycles. The molecule has 0 unspecified atom stereocenters. The van der Waals surface area contributed by atoms with Crippen LogP contribution in [0.5, 0.6) is 0 Å². The average Bonchev–Trinajstić information content (AvgIpc) is 3.12. The Bertz CT molecular complexity index is 1290. The molecule has 1 aromatic carbocycles. The van der Waals surface area contributed by atoms with Crippen LogP contribution in [-0.2, 0) is 25.4 Å². The van der Waals surface area contributed by atoms with Crippen LogP contribution in [0, 0.1) is 0 Å². The Balaban J connectivity index is 1.35. The van der Waals surface area contributed by atoms with Crippen molar-refractivity contribution < 1.29 is 4.79 Å². The minimum Gasteiger partial charge on any atom is -0.337 e. The van der Waals surface area contributed by atoms with Gasteiger partial charge in [-0.05, 0) is 31.5 Å². The van der Waals surface area contributed by atoms with Gasteiger partial charge in [-0.2, -0.15) is 0 Å². The summed E-state index contributed by atoms with van der Waals surface area (Å²) >= 11 is 0. The third-order valence-electron chi connectivity index (χ3n) is 6.35. The van der Waals surface area contributed by atoms with Crippen molar-refractivity contribution in [2.45, 2.75) is 19.4 Å². The number of nitrogens with zero attached hydrogens (tertiary/aromatic N) is 6. The highest BCUT2D eigenvalue weighted by Crippen LogP contribution is 2.16. The molecule has 0 saturated carbocycles. The smallest absolute Gasteiger partial charge is 0.332 e. The predicted octanol–water partition coefficient (Wildman–Crippen LogP) is 1.07. The topological polar surface area (TPSA) is 85.4 Å². The Kier molecular flexibility index (Phi) is 6.60. The Morgan fingerprint density at radius 3 is 2.52 bits per heavy atom. The predicted molar refractivity (Wildman–Crippen MR) is 128 cm³/mol. The van der Waals surface area contributed by atoms with E-state index in [2.05, 4.69) is 16.5 Å². The molecule has 9 nitrogen and oxygen atoms in total. The Morgan fingerprint density at radius 1 is 1.00 bits per heavy atom. The molecule has 3 heterocycles. The monoisotopic (exact) mass is 450 g/mol. The van der Waals surface area contributed by atoms with E-state index in [0.29, 0.717) is 29.8 Å². The van der Waals surface area contributed by atoms with Crippen molar-refractivity contribution in [3.05, 3.63) is 69.6 Å². The second-order valence-electron chi connectivity index (χ2n) is 8.50. The Morgan fingerprint density at radius 2 is 1.76 bits per heavy atom. The molecule has 0 spiro atoms. The normalized spacial score (nSPS) is 15.0. The highest BCUT2D eigenvalue weighted by atomic mass is 16.2. The molecule has 1 amide bonds. The van der Waals surface area contributed by atoms with Gasteiger partial charge in [0.15, 0.2) is 11.2 Å². The lowest BCUT2D eigenvalue weighted by Crippen LogP contribution is -2.37. The molecule has 0 bridgehead atoms. The molecule has 33 heavy (non-hydrogen) atoms. The molecule has 3 aromatic rings. The van der Waals surface area contributed by atoms with Crippen molar-refractivity contribution in [1.29, 1.82) is 0 Å². The zero-order chi connectivity index (χ0) is 23.5. The van der Waals surface area contributed by atoms with Gasteiger partial charge in [0, 0.05) is 45.8 Å². The molecule has 1 aliphatic rings. The number of aromatic nitrogens is 4. The van der Waals surface area contributed by atoms with E-state index in [1.807, 2.05) is 39.8 Å². The van der Waals surface area contributed by atoms with Gasteiger partial charge in [0.2, 0.25) is 0 Å². The second-order valence-corrected chi connectivity index (χ2v) is 8.50. The van der Waals surface area contributed by atoms with Crippen LogP contribution in [0.15, 0.2) is 52.8 Å². The number of carbonyl (C=O) groups is 1. The molecular weight excluding hydrogens is 420 g/mol. The summed E-state index contributed by atoms with van der Waals surface area (Å²) in [7, 11) is 3.11. The van der Waals surface area contributed by atoms with E-state index >= 15 is 0 Å². The summed E-state index contributed by atoms with van der Waals surface area (Å²) in [6, 6.07) is 9.58. The first kappa shape index (κ1) is 22.7. The molecular formula is C24H30N6O3. The maximum Gasteiger partial charge on any atom is 0.332 e. The lowest BCUT2D eigenvalue weighted by Gasteiger charge is -2.23.